The number of carbonyl (C=O) groups excluding carboxylic acids is 2. The van der Waals surface area contributed by atoms with Crippen LogP contribution in [-0.4, -0.2) is 27.7 Å². The van der Waals surface area contributed by atoms with Crippen molar-refractivity contribution in [3.8, 4) is 0 Å². The number of pyridine rings is 1. The summed E-state index contributed by atoms with van der Waals surface area (Å²) in [6, 6.07) is 10.4. The summed E-state index contributed by atoms with van der Waals surface area (Å²) in [5.41, 5.74) is 1.29. The number of rotatable bonds is 5. The van der Waals surface area contributed by atoms with E-state index in [0.717, 1.165) is 12.0 Å². The van der Waals surface area contributed by atoms with Gasteiger partial charge in [0, 0.05) is 25.0 Å². The van der Waals surface area contributed by atoms with Crippen LogP contribution in [0.1, 0.15) is 25.8 Å². The zero-order valence-corrected chi connectivity index (χ0v) is 14.5. The molecule has 1 aromatic carbocycles. The summed E-state index contributed by atoms with van der Waals surface area (Å²) in [7, 11) is 0. The molecule has 1 atom stereocenters. The first-order valence-electron chi connectivity index (χ1n) is 7.78. The van der Waals surface area contributed by atoms with Crippen LogP contribution in [0.2, 0.25) is 5.02 Å². The molecule has 0 fully saturated rings. The summed E-state index contributed by atoms with van der Waals surface area (Å²) in [5, 5.41) is 2.97. The van der Waals surface area contributed by atoms with Gasteiger partial charge in [-0.25, -0.2) is 0 Å². The van der Waals surface area contributed by atoms with Gasteiger partial charge in [0.05, 0.1) is 10.7 Å². The van der Waals surface area contributed by atoms with Crippen LogP contribution in [0, 0.1) is 0 Å². The first-order valence-corrected chi connectivity index (χ1v) is 8.16. The van der Waals surface area contributed by atoms with Gasteiger partial charge in [-0.1, -0.05) is 36.7 Å². The maximum atomic E-state index is 12.6. The zero-order valence-electron chi connectivity index (χ0n) is 13.7. The highest BCUT2D eigenvalue weighted by Gasteiger charge is 2.26. The minimum absolute atomic E-state index is 0.0744. The molecule has 2 amide bonds. The van der Waals surface area contributed by atoms with E-state index in [2.05, 4.69) is 10.3 Å². The standard InChI is InChI=1S/C18H20ClN3O2/c1-3-13(2)22(12-14-7-6-10-20-11-14)18(24)17(23)21-16-9-5-4-8-15(16)19/h4-11,13H,3,12H2,1-2H3,(H,21,23)/t13-/m1/s1. The average molecular weight is 346 g/mol. The molecule has 2 aromatic rings. The molecule has 0 aliphatic rings. The number of amides is 2. The minimum Gasteiger partial charge on any atom is -0.327 e. The van der Waals surface area contributed by atoms with E-state index in [1.807, 2.05) is 19.9 Å². The highest BCUT2D eigenvalue weighted by Crippen LogP contribution is 2.20. The molecule has 2 rings (SSSR count). The van der Waals surface area contributed by atoms with Gasteiger partial charge in [0.2, 0.25) is 0 Å². The predicted octanol–water partition coefficient (Wildman–Crippen LogP) is 3.50. The molecule has 0 aliphatic heterocycles. The van der Waals surface area contributed by atoms with Crippen molar-refractivity contribution in [3.05, 3.63) is 59.4 Å². The molecule has 126 valence electrons. The fraction of sp³-hybridized carbons (Fsp3) is 0.278. The molecule has 1 heterocycles. The van der Waals surface area contributed by atoms with Gasteiger partial charge in [-0.2, -0.15) is 0 Å². The first-order chi connectivity index (χ1) is 11.5. The van der Waals surface area contributed by atoms with Gasteiger partial charge in [0.1, 0.15) is 0 Å². The summed E-state index contributed by atoms with van der Waals surface area (Å²) in [6.07, 6.45) is 4.10. The van der Waals surface area contributed by atoms with Crippen LogP contribution >= 0.6 is 11.6 Å². The van der Waals surface area contributed by atoms with Gasteiger partial charge in [0.25, 0.3) is 0 Å². The van der Waals surface area contributed by atoms with E-state index in [1.54, 1.807) is 47.6 Å². The third-order valence-corrected chi connectivity index (χ3v) is 4.11. The Hall–Kier alpha value is -2.40. The molecule has 0 spiro atoms. The maximum absolute atomic E-state index is 12.6. The Morgan fingerprint density at radius 2 is 2.00 bits per heavy atom. The lowest BCUT2D eigenvalue weighted by Crippen LogP contribution is -2.44. The number of halogens is 1. The van der Waals surface area contributed by atoms with E-state index in [0.29, 0.717) is 17.3 Å². The molecule has 0 saturated heterocycles. The Balaban J connectivity index is 2.15. The fourth-order valence-electron chi connectivity index (χ4n) is 2.21. The molecule has 24 heavy (non-hydrogen) atoms. The Morgan fingerprint density at radius 3 is 2.62 bits per heavy atom. The Labute approximate surface area is 146 Å². The number of hydrogen-bond acceptors (Lipinski definition) is 3. The third kappa shape index (κ3) is 4.55. The lowest BCUT2D eigenvalue weighted by Gasteiger charge is -2.28. The topological polar surface area (TPSA) is 62.3 Å². The Kier molecular flexibility index (Phi) is 6.32. The molecule has 0 radical (unpaired) electrons. The van der Waals surface area contributed by atoms with Crippen molar-refractivity contribution in [2.75, 3.05) is 5.32 Å². The van der Waals surface area contributed by atoms with Crippen LogP contribution in [0.5, 0.6) is 0 Å². The summed E-state index contributed by atoms with van der Waals surface area (Å²) < 4.78 is 0. The predicted molar refractivity (Wildman–Crippen MR) is 94.6 cm³/mol. The number of nitrogens with zero attached hydrogens (tertiary/aromatic N) is 2. The molecule has 1 N–H and O–H groups in total. The lowest BCUT2D eigenvalue weighted by molar-refractivity contribution is -0.145. The second kappa shape index (κ2) is 8.45. The highest BCUT2D eigenvalue weighted by atomic mass is 35.5. The van der Waals surface area contributed by atoms with Crippen molar-refractivity contribution in [1.82, 2.24) is 9.88 Å². The monoisotopic (exact) mass is 345 g/mol. The summed E-state index contributed by atoms with van der Waals surface area (Å²) in [6.45, 7) is 4.22. The van der Waals surface area contributed by atoms with Crippen LogP contribution in [0.25, 0.3) is 0 Å². The van der Waals surface area contributed by atoms with Crippen LogP contribution < -0.4 is 5.32 Å². The van der Waals surface area contributed by atoms with Crippen LogP contribution in [0.4, 0.5) is 5.69 Å². The molecule has 1 aromatic heterocycles. The van der Waals surface area contributed by atoms with E-state index in [9.17, 15) is 9.59 Å². The van der Waals surface area contributed by atoms with Crippen molar-refractivity contribution in [2.24, 2.45) is 0 Å². The number of hydrogen-bond donors (Lipinski definition) is 1. The number of benzene rings is 1. The van der Waals surface area contributed by atoms with E-state index in [4.69, 9.17) is 11.6 Å². The molecule has 0 aliphatic carbocycles. The molecule has 0 unspecified atom stereocenters. The van der Waals surface area contributed by atoms with E-state index < -0.39 is 11.8 Å². The highest BCUT2D eigenvalue weighted by molar-refractivity contribution is 6.41. The molecular weight excluding hydrogens is 326 g/mol. The molecule has 6 heteroatoms. The lowest BCUT2D eigenvalue weighted by atomic mass is 10.1. The largest absolute Gasteiger partial charge is 0.327 e. The van der Waals surface area contributed by atoms with Crippen molar-refractivity contribution in [3.63, 3.8) is 0 Å². The van der Waals surface area contributed by atoms with Gasteiger partial charge in [-0.05, 0) is 37.1 Å². The third-order valence-electron chi connectivity index (χ3n) is 3.78. The Morgan fingerprint density at radius 1 is 1.25 bits per heavy atom. The SMILES string of the molecule is CC[C@@H](C)N(Cc1cccnc1)C(=O)C(=O)Nc1ccccc1Cl. The van der Waals surface area contributed by atoms with E-state index in [-0.39, 0.29) is 6.04 Å². The summed E-state index contributed by atoms with van der Waals surface area (Å²) >= 11 is 6.02. The summed E-state index contributed by atoms with van der Waals surface area (Å²) in [5.74, 6) is -1.29. The van der Waals surface area contributed by atoms with Crippen molar-refractivity contribution >= 4 is 29.1 Å². The van der Waals surface area contributed by atoms with E-state index in [1.165, 1.54) is 0 Å². The van der Waals surface area contributed by atoms with Crippen LogP contribution in [-0.2, 0) is 16.1 Å². The van der Waals surface area contributed by atoms with Gasteiger partial charge >= 0.3 is 11.8 Å². The van der Waals surface area contributed by atoms with Crippen molar-refractivity contribution in [2.45, 2.75) is 32.9 Å². The number of carbonyl (C=O) groups is 2. The van der Waals surface area contributed by atoms with Crippen molar-refractivity contribution in [1.29, 1.82) is 0 Å². The van der Waals surface area contributed by atoms with E-state index >= 15 is 0 Å². The fourth-order valence-corrected chi connectivity index (χ4v) is 2.39. The summed E-state index contributed by atoms with van der Waals surface area (Å²) in [4.78, 5) is 30.5. The maximum Gasteiger partial charge on any atom is 0.313 e. The number of nitrogens with one attached hydrogen (secondary N) is 1. The minimum atomic E-state index is -0.702. The van der Waals surface area contributed by atoms with Gasteiger partial charge in [-0.3, -0.25) is 14.6 Å². The molecule has 0 bridgehead atoms. The Bertz CT molecular complexity index is 706. The number of aromatic nitrogens is 1. The zero-order chi connectivity index (χ0) is 17.5. The molecular formula is C18H20ClN3O2. The van der Waals surface area contributed by atoms with Gasteiger partial charge < -0.3 is 10.2 Å². The molecule has 0 saturated carbocycles. The normalized spacial score (nSPS) is 11.6. The van der Waals surface area contributed by atoms with Crippen LogP contribution in [0.15, 0.2) is 48.8 Å². The van der Waals surface area contributed by atoms with Gasteiger partial charge in [-0.15, -0.1) is 0 Å². The number of anilines is 1. The van der Waals surface area contributed by atoms with Crippen LogP contribution in [0.3, 0.4) is 0 Å². The van der Waals surface area contributed by atoms with Gasteiger partial charge in [0.15, 0.2) is 0 Å². The second-order valence-electron chi connectivity index (χ2n) is 5.49. The number of para-hydroxylation sites is 1. The first kappa shape index (κ1) is 17.9. The van der Waals surface area contributed by atoms with Crippen molar-refractivity contribution < 1.29 is 9.59 Å². The average Bonchev–Trinajstić information content (AvgIpc) is 2.61. The molecule has 5 nitrogen and oxygen atoms in total. The quantitative estimate of drug-likeness (QED) is 0.843. The smallest absolute Gasteiger partial charge is 0.313 e. The second-order valence-corrected chi connectivity index (χ2v) is 5.89.